The van der Waals surface area contributed by atoms with Crippen LogP contribution in [0.5, 0.6) is 0 Å². The van der Waals surface area contributed by atoms with E-state index < -0.39 is 12.1 Å². The molecule has 5 nitrogen and oxygen atoms in total. The Bertz CT molecular complexity index is 552. The molecule has 21 heavy (non-hydrogen) atoms. The van der Waals surface area contributed by atoms with Crippen LogP contribution in [0.3, 0.4) is 0 Å². The predicted octanol–water partition coefficient (Wildman–Crippen LogP) is 2.42. The number of carbonyl (C=O) groups excluding carboxylic acids is 1. The van der Waals surface area contributed by atoms with Crippen molar-refractivity contribution in [3.8, 4) is 0 Å². The van der Waals surface area contributed by atoms with Crippen LogP contribution in [0.25, 0.3) is 0 Å². The van der Waals surface area contributed by atoms with E-state index in [1.165, 1.54) is 11.8 Å². The summed E-state index contributed by atoms with van der Waals surface area (Å²) in [4.78, 5) is 23.9. The number of thioether (sulfide) groups is 1. The van der Waals surface area contributed by atoms with Crippen molar-refractivity contribution in [2.45, 2.75) is 29.9 Å². The predicted molar refractivity (Wildman–Crippen MR) is 81.1 cm³/mol. The molecule has 1 aromatic rings. The topological polar surface area (TPSA) is 75.6 Å². The standard InChI is InChI=1S/C14H16ClNO4S/c1-21-9-3-4-11(15)10(6-9)13(17)16-7-8-2-5-12(20-8)14(18)19/h3-4,6,8,12H,2,5,7H2,1H3,(H,16,17)(H,18,19). The second-order valence-corrected chi connectivity index (χ2v) is 6.00. The number of halogens is 1. The van der Waals surface area contributed by atoms with E-state index in [0.717, 1.165) is 4.90 Å². The van der Waals surface area contributed by atoms with Crippen molar-refractivity contribution in [1.29, 1.82) is 0 Å². The highest BCUT2D eigenvalue weighted by Crippen LogP contribution is 2.23. The van der Waals surface area contributed by atoms with Crippen LogP contribution in [-0.4, -0.2) is 42.0 Å². The summed E-state index contributed by atoms with van der Waals surface area (Å²) in [6.07, 6.45) is 1.98. The van der Waals surface area contributed by atoms with Crippen molar-refractivity contribution in [3.63, 3.8) is 0 Å². The van der Waals surface area contributed by atoms with Gasteiger partial charge in [0, 0.05) is 11.4 Å². The molecule has 1 amide bonds. The third-order valence-corrected chi connectivity index (χ3v) is 4.35. The Hall–Kier alpha value is -1.24. The van der Waals surface area contributed by atoms with Gasteiger partial charge < -0.3 is 15.2 Å². The Labute approximate surface area is 132 Å². The van der Waals surface area contributed by atoms with Crippen LogP contribution in [0.2, 0.25) is 5.02 Å². The van der Waals surface area contributed by atoms with E-state index >= 15 is 0 Å². The van der Waals surface area contributed by atoms with Gasteiger partial charge in [-0.05, 0) is 37.3 Å². The molecule has 0 aromatic heterocycles. The number of hydrogen-bond acceptors (Lipinski definition) is 4. The summed E-state index contributed by atoms with van der Waals surface area (Å²) in [5.74, 6) is -1.24. The van der Waals surface area contributed by atoms with Gasteiger partial charge in [-0.2, -0.15) is 0 Å². The maximum atomic E-state index is 12.1. The number of benzene rings is 1. The van der Waals surface area contributed by atoms with Gasteiger partial charge in [-0.25, -0.2) is 4.79 Å². The number of carbonyl (C=O) groups is 2. The highest BCUT2D eigenvalue weighted by Gasteiger charge is 2.30. The number of amides is 1. The van der Waals surface area contributed by atoms with Crippen LogP contribution in [0.15, 0.2) is 23.1 Å². The molecular formula is C14H16ClNO4S. The van der Waals surface area contributed by atoms with Crippen LogP contribution in [0.1, 0.15) is 23.2 Å². The summed E-state index contributed by atoms with van der Waals surface area (Å²) in [6, 6.07) is 5.27. The monoisotopic (exact) mass is 329 g/mol. The molecule has 114 valence electrons. The lowest BCUT2D eigenvalue weighted by Crippen LogP contribution is -2.33. The first-order valence-electron chi connectivity index (χ1n) is 6.51. The molecule has 0 bridgehead atoms. The molecule has 0 radical (unpaired) electrons. The van der Waals surface area contributed by atoms with Gasteiger partial charge >= 0.3 is 5.97 Å². The fourth-order valence-electron chi connectivity index (χ4n) is 2.14. The zero-order valence-electron chi connectivity index (χ0n) is 11.5. The third-order valence-electron chi connectivity index (χ3n) is 3.29. The molecule has 0 saturated carbocycles. The van der Waals surface area contributed by atoms with Gasteiger partial charge in [-0.3, -0.25) is 4.79 Å². The molecule has 1 saturated heterocycles. The smallest absolute Gasteiger partial charge is 0.332 e. The second-order valence-electron chi connectivity index (χ2n) is 4.72. The molecule has 2 atom stereocenters. The lowest BCUT2D eigenvalue weighted by Gasteiger charge is -2.13. The number of rotatable bonds is 5. The first-order chi connectivity index (χ1) is 10.0. The van der Waals surface area contributed by atoms with E-state index in [4.69, 9.17) is 21.4 Å². The third kappa shape index (κ3) is 4.12. The van der Waals surface area contributed by atoms with E-state index in [-0.39, 0.29) is 18.6 Å². The number of nitrogens with one attached hydrogen (secondary N) is 1. The molecule has 1 aliphatic rings. The number of ether oxygens (including phenoxy) is 1. The molecular weight excluding hydrogens is 314 g/mol. The number of carboxylic acids is 1. The van der Waals surface area contributed by atoms with Crippen LogP contribution in [0.4, 0.5) is 0 Å². The van der Waals surface area contributed by atoms with Gasteiger partial charge in [-0.15, -0.1) is 11.8 Å². The Morgan fingerprint density at radius 2 is 2.24 bits per heavy atom. The van der Waals surface area contributed by atoms with E-state index in [1.807, 2.05) is 12.3 Å². The van der Waals surface area contributed by atoms with Gasteiger partial charge in [0.2, 0.25) is 0 Å². The summed E-state index contributed by atoms with van der Waals surface area (Å²) in [5, 5.41) is 12.0. The van der Waals surface area contributed by atoms with Crippen molar-refractivity contribution >= 4 is 35.2 Å². The minimum Gasteiger partial charge on any atom is -0.479 e. The molecule has 1 fully saturated rings. The van der Waals surface area contributed by atoms with Gasteiger partial charge in [-0.1, -0.05) is 11.6 Å². The van der Waals surface area contributed by atoms with Crippen LogP contribution < -0.4 is 5.32 Å². The number of hydrogen-bond donors (Lipinski definition) is 2. The zero-order valence-corrected chi connectivity index (χ0v) is 13.0. The lowest BCUT2D eigenvalue weighted by molar-refractivity contribution is -0.149. The first kappa shape index (κ1) is 16.1. The van der Waals surface area contributed by atoms with E-state index in [9.17, 15) is 9.59 Å². The lowest BCUT2D eigenvalue weighted by atomic mass is 10.2. The van der Waals surface area contributed by atoms with Crippen molar-refractivity contribution in [3.05, 3.63) is 28.8 Å². The zero-order chi connectivity index (χ0) is 15.4. The molecule has 1 aromatic carbocycles. The summed E-state index contributed by atoms with van der Waals surface area (Å²) >= 11 is 7.56. The minimum atomic E-state index is -0.959. The molecule has 2 rings (SSSR count). The minimum absolute atomic E-state index is 0.266. The summed E-state index contributed by atoms with van der Waals surface area (Å²) in [6.45, 7) is 0.280. The fraction of sp³-hybridized carbons (Fsp3) is 0.429. The van der Waals surface area contributed by atoms with Gasteiger partial charge in [0.1, 0.15) is 0 Å². The average molecular weight is 330 g/mol. The van der Waals surface area contributed by atoms with Gasteiger partial charge in [0.15, 0.2) is 6.10 Å². The molecule has 0 aliphatic carbocycles. The van der Waals surface area contributed by atoms with Crippen molar-refractivity contribution < 1.29 is 19.4 Å². The molecule has 7 heteroatoms. The Morgan fingerprint density at radius 3 is 2.86 bits per heavy atom. The number of carboxylic acid groups (broad SMARTS) is 1. The highest BCUT2D eigenvalue weighted by molar-refractivity contribution is 7.98. The molecule has 1 heterocycles. The molecule has 0 spiro atoms. The average Bonchev–Trinajstić information content (AvgIpc) is 2.94. The van der Waals surface area contributed by atoms with Gasteiger partial charge in [0.05, 0.1) is 16.7 Å². The normalized spacial score (nSPS) is 21.2. The first-order valence-corrected chi connectivity index (χ1v) is 8.11. The van der Waals surface area contributed by atoms with Crippen molar-refractivity contribution in [1.82, 2.24) is 5.32 Å². The van der Waals surface area contributed by atoms with Crippen molar-refractivity contribution in [2.75, 3.05) is 12.8 Å². The summed E-state index contributed by atoms with van der Waals surface area (Å²) in [7, 11) is 0. The van der Waals surface area contributed by atoms with Crippen molar-refractivity contribution in [2.24, 2.45) is 0 Å². The van der Waals surface area contributed by atoms with E-state index in [0.29, 0.717) is 23.4 Å². The van der Waals surface area contributed by atoms with Crippen LogP contribution >= 0.6 is 23.4 Å². The Kier molecular flexibility index (Phi) is 5.50. The highest BCUT2D eigenvalue weighted by atomic mass is 35.5. The molecule has 2 unspecified atom stereocenters. The van der Waals surface area contributed by atoms with E-state index in [2.05, 4.69) is 5.32 Å². The fourth-order valence-corrected chi connectivity index (χ4v) is 2.79. The maximum Gasteiger partial charge on any atom is 0.332 e. The van der Waals surface area contributed by atoms with E-state index in [1.54, 1.807) is 12.1 Å². The Morgan fingerprint density at radius 1 is 1.48 bits per heavy atom. The summed E-state index contributed by atoms with van der Waals surface area (Å²) in [5.41, 5.74) is 0.413. The largest absolute Gasteiger partial charge is 0.479 e. The van der Waals surface area contributed by atoms with Crippen LogP contribution in [0, 0.1) is 0 Å². The SMILES string of the molecule is CSc1ccc(Cl)c(C(=O)NCC2CCC(C(=O)O)O2)c1. The van der Waals surface area contributed by atoms with Crippen LogP contribution in [-0.2, 0) is 9.53 Å². The van der Waals surface area contributed by atoms with Gasteiger partial charge in [0.25, 0.3) is 5.91 Å². The Balaban J connectivity index is 1.92. The summed E-state index contributed by atoms with van der Waals surface area (Å²) < 4.78 is 5.33. The maximum absolute atomic E-state index is 12.1. The second kappa shape index (κ2) is 7.15. The molecule has 2 N–H and O–H groups in total. The number of aliphatic carboxylic acids is 1. The quantitative estimate of drug-likeness (QED) is 0.811. The molecule has 1 aliphatic heterocycles.